The maximum absolute atomic E-state index is 13.2. The molecule has 158 valence electrons. The molecule has 0 amide bonds. The number of benzene rings is 1. The van der Waals surface area contributed by atoms with Gasteiger partial charge in [0.25, 0.3) is 0 Å². The number of para-hydroxylation sites is 1. The van der Waals surface area contributed by atoms with Gasteiger partial charge < -0.3 is 9.47 Å². The minimum atomic E-state index is -1.20. The molecule has 0 aromatic heterocycles. The van der Waals surface area contributed by atoms with Crippen molar-refractivity contribution in [1.82, 2.24) is 0 Å². The zero-order chi connectivity index (χ0) is 20.7. The molecule has 0 N–H and O–H groups in total. The van der Waals surface area contributed by atoms with Crippen LogP contribution in [-0.4, -0.2) is 18.5 Å². The highest BCUT2D eigenvalue weighted by molar-refractivity contribution is 6.00. The van der Waals surface area contributed by atoms with Crippen LogP contribution < -0.4 is 4.74 Å². The third-order valence-corrected chi connectivity index (χ3v) is 5.13. The summed E-state index contributed by atoms with van der Waals surface area (Å²) in [5.41, 5.74) is -1.20. The summed E-state index contributed by atoms with van der Waals surface area (Å²) >= 11 is 0. The molecule has 0 saturated carbocycles. The number of hydrogen-bond acceptors (Lipinski definition) is 4. The first kappa shape index (κ1) is 24.2. The third kappa shape index (κ3) is 8.04. The Hall–Kier alpha value is -1.84. The molecule has 1 rings (SSSR count). The van der Waals surface area contributed by atoms with Crippen molar-refractivity contribution in [3.63, 3.8) is 0 Å². The minimum Gasteiger partial charge on any atom is -0.465 e. The monoisotopic (exact) mass is 390 g/mol. The molecule has 1 aromatic rings. The summed E-state index contributed by atoms with van der Waals surface area (Å²) < 4.78 is 11.2. The fraction of sp³-hybridized carbons (Fsp3) is 0.667. The van der Waals surface area contributed by atoms with Crippen LogP contribution >= 0.6 is 0 Å². The van der Waals surface area contributed by atoms with Crippen molar-refractivity contribution in [2.24, 2.45) is 5.41 Å². The van der Waals surface area contributed by atoms with Gasteiger partial charge in [0.05, 0.1) is 6.61 Å². The van der Waals surface area contributed by atoms with E-state index in [9.17, 15) is 9.59 Å². The summed E-state index contributed by atoms with van der Waals surface area (Å²) in [4.78, 5) is 26.4. The molecular weight excluding hydrogens is 352 g/mol. The smallest absolute Gasteiger partial charge is 0.328 e. The van der Waals surface area contributed by atoms with Gasteiger partial charge in [0.15, 0.2) is 5.41 Å². The highest BCUT2D eigenvalue weighted by Gasteiger charge is 2.48. The summed E-state index contributed by atoms with van der Waals surface area (Å²) in [5, 5.41) is 0. The molecule has 1 aromatic carbocycles. The normalized spacial score (nSPS) is 11.2. The van der Waals surface area contributed by atoms with Crippen LogP contribution in [0.4, 0.5) is 0 Å². The molecule has 0 bridgehead atoms. The van der Waals surface area contributed by atoms with Crippen molar-refractivity contribution >= 4 is 11.9 Å². The summed E-state index contributed by atoms with van der Waals surface area (Å²) in [6.45, 7) is 6.71. The average Bonchev–Trinajstić information content (AvgIpc) is 2.71. The Morgan fingerprint density at radius 1 is 0.750 bits per heavy atom. The molecule has 28 heavy (non-hydrogen) atoms. The van der Waals surface area contributed by atoms with Crippen molar-refractivity contribution in [2.75, 3.05) is 6.61 Å². The Labute approximate surface area is 171 Å². The number of rotatable bonds is 15. The van der Waals surface area contributed by atoms with Gasteiger partial charge in [-0.15, -0.1) is 0 Å². The molecular formula is C24H38O4. The van der Waals surface area contributed by atoms with Crippen LogP contribution in [0.5, 0.6) is 5.75 Å². The van der Waals surface area contributed by atoms with E-state index in [2.05, 4.69) is 20.8 Å². The summed E-state index contributed by atoms with van der Waals surface area (Å²) in [5.74, 6) is -0.398. The van der Waals surface area contributed by atoms with Crippen molar-refractivity contribution in [3.8, 4) is 5.75 Å². The van der Waals surface area contributed by atoms with E-state index in [1.807, 2.05) is 18.2 Å². The van der Waals surface area contributed by atoms with E-state index in [-0.39, 0.29) is 0 Å². The highest BCUT2D eigenvalue weighted by Crippen LogP contribution is 2.35. The molecule has 4 heteroatoms. The molecule has 0 aliphatic rings. The largest absolute Gasteiger partial charge is 0.465 e. The molecule has 0 atom stereocenters. The van der Waals surface area contributed by atoms with E-state index in [0.717, 1.165) is 57.8 Å². The van der Waals surface area contributed by atoms with Gasteiger partial charge in [-0.1, -0.05) is 90.3 Å². The lowest BCUT2D eigenvalue weighted by molar-refractivity contribution is -0.169. The molecule has 0 spiro atoms. The Morgan fingerprint density at radius 2 is 1.29 bits per heavy atom. The molecule has 4 nitrogen and oxygen atoms in total. The summed E-state index contributed by atoms with van der Waals surface area (Å²) in [6.07, 6.45) is 9.55. The van der Waals surface area contributed by atoms with Gasteiger partial charge >= 0.3 is 11.9 Å². The number of unbranched alkanes of at least 4 members (excludes halogenated alkanes) is 6. The average molecular weight is 391 g/mol. The molecule has 0 unspecified atom stereocenters. The summed E-state index contributed by atoms with van der Waals surface area (Å²) in [7, 11) is 0. The van der Waals surface area contributed by atoms with E-state index < -0.39 is 17.4 Å². The first-order valence-corrected chi connectivity index (χ1v) is 11.0. The van der Waals surface area contributed by atoms with Crippen LogP contribution in [0.15, 0.2) is 30.3 Å². The van der Waals surface area contributed by atoms with E-state index in [1.165, 1.54) is 0 Å². The molecule has 0 aliphatic carbocycles. The second kappa shape index (κ2) is 14.2. The van der Waals surface area contributed by atoms with Crippen molar-refractivity contribution < 1.29 is 19.1 Å². The molecule has 0 aliphatic heterocycles. The quantitative estimate of drug-likeness (QED) is 0.149. The molecule has 0 radical (unpaired) electrons. The van der Waals surface area contributed by atoms with Crippen LogP contribution in [0.1, 0.15) is 91.4 Å². The Balaban J connectivity index is 3.01. The van der Waals surface area contributed by atoms with Gasteiger partial charge in [-0.25, -0.2) is 0 Å². The predicted octanol–water partition coefficient (Wildman–Crippen LogP) is 6.47. The number of esters is 2. The van der Waals surface area contributed by atoms with Crippen LogP contribution in [0.2, 0.25) is 0 Å². The van der Waals surface area contributed by atoms with Gasteiger partial charge in [-0.2, -0.15) is 0 Å². The maximum atomic E-state index is 13.2. The Morgan fingerprint density at radius 3 is 1.82 bits per heavy atom. The summed E-state index contributed by atoms with van der Waals surface area (Å²) in [6, 6.07) is 9.00. The van der Waals surface area contributed by atoms with E-state index in [4.69, 9.17) is 9.47 Å². The van der Waals surface area contributed by atoms with Gasteiger partial charge in [-0.3, -0.25) is 9.59 Å². The number of ether oxygens (including phenoxy) is 2. The third-order valence-electron chi connectivity index (χ3n) is 5.13. The van der Waals surface area contributed by atoms with Crippen molar-refractivity contribution in [3.05, 3.63) is 30.3 Å². The number of carbonyl (C=O) groups is 2. The van der Waals surface area contributed by atoms with Crippen LogP contribution in [-0.2, 0) is 14.3 Å². The Bertz CT molecular complexity index is 543. The lowest BCUT2D eigenvalue weighted by Gasteiger charge is -2.29. The van der Waals surface area contributed by atoms with Gasteiger partial charge in [0, 0.05) is 0 Å². The highest BCUT2D eigenvalue weighted by atomic mass is 16.6. The molecule has 0 saturated heterocycles. The second-order valence-corrected chi connectivity index (χ2v) is 7.54. The standard InChI is InChI=1S/C24H38O4/c1-4-7-13-18-24(19-14-8-5-2,22(25)27-20-15-9-6-3)23(26)28-21-16-11-10-12-17-21/h10-12,16-17H,4-9,13-15,18-20H2,1-3H3. The van der Waals surface area contributed by atoms with Crippen molar-refractivity contribution in [2.45, 2.75) is 91.4 Å². The molecule has 0 fully saturated rings. The zero-order valence-corrected chi connectivity index (χ0v) is 18.0. The minimum absolute atomic E-state index is 0.370. The van der Waals surface area contributed by atoms with Gasteiger partial charge in [0.2, 0.25) is 0 Å². The van der Waals surface area contributed by atoms with Gasteiger partial charge in [-0.05, 0) is 31.4 Å². The zero-order valence-electron chi connectivity index (χ0n) is 18.0. The fourth-order valence-corrected chi connectivity index (χ4v) is 3.32. The van der Waals surface area contributed by atoms with E-state index in [1.54, 1.807) is 12.1 Å². The SMILES string of the molecule is CCCCCOC(=O)C(CCCCC)(CCCCC)C(=O)Oc1ccccc1. The molecule has 0 heterocycles. The van der Waals surface area contributed by atoms with Crippen LogP contribution in [0.25, 0.3) is 0 Å². The first-order valence-electron chi connectivity index (χ1n) is 11.0. The van der Waals surface area contributed by atoms with Crippen molar-refractivity contribution in [1.29, 1.82) is 0 Å². The maximum Gasteiger partial charge on any atom is 0.328 e. The van der Waals surface area contributed by atoms with E-state index >= 15 is 0 Å². The Kier molecular flexibility index (Phi) is 12.3. The van der Waals surface area contributed by atoms with Crippen LogP contribution in [0.3, 0.4) is 0 Å². The number of hydrogen-bond donors (Lipinski definition) is 0. The topological polar surface area (TPSA) is 52.6 Å². The lowest BCUT2D eigenvalue weighted by Crippen LogP contribution is -2.43. The van der Waals surface area contributed by atoms with E-state index in [0.29, 0.717) is 25.2 Å². The number of carbonyl (C=O) groups excluding carboxylic acids is 2. The predicted molar refractivity (Wildman–Crippen MR) is 113 cm³/mol. The van der Waals surface area contributed by atoms with Gasteiger partial charge in [0.1, 0.15) is 5.75 Å². The fourth-order valence-electron chi connectivity index (χ4n) is 3.32. The second-order valence-electron chi connectivity index (χ2n) is 7.54. The van der Waals surface area contributed by atoms with Crippen LogP contribution in [0, 0.1) is 5.41 Å². The lowest BCUT2D eigenvalue weighted by atomic mass is 9.77. The first-order chi connectivity index (χ1) is 13.6.